The molecule has 8 aliphatic rings. The van der Waals surface area contributed by atoms with Crippen molar-refractivity contribution in [1.29, 1.82) is 0 Å². The SMILES string of the molecule is CC(C)(O)[C@H]1CC[C@@](C)([C@@H]2[C@H](O)C[C@]3(C)[C@H]4C[C@@H](O[C@H]5O[C@@H](CO)[C@H](O)[C@@H](O)[C@@H]5O)[C@@H]5C(C)(C)[C@H](O[C@H]6OC[C@H](O)[C@@H](O)[C@@H]6O)CC[C@]56C[C@]46CC[C@@]23C)O1. The molecule has 0 radical (unpaired) electrons. The monoisotopic (exact) mass is 784 g/mol. The zero-order chi connectivity index (χ0) is 40.1. The van der Waals surface area contributed by atoms with Crippen LogP contribution in [0.3, 0.4) is 0 Å². The minimum absolute atomic E-state index is 0.0633. The smallest absolute Gasteiger partial charge is 0.186 e. The zero-order valence-corrected chi connectivity index (χ0v) is 33.6. The van der Waals surface area contributed by atoms with Gasteiger partial charge in [0.25, 0.3) is 0 Å². The van der Waals surface area contributed by atoms with Crippen molar-refractivity contribution in [1.82, 2.24) is 0 Å². The van der Waals surface area contributed by atoms with Gasteiger partial charge in [-0.2, -0.15) is 0 Å². The van der Waals surface area contributed by atoms with Gasteiger partial charge in [-0.1, -0.05) is 27.7 Å². The van der Waals surface area contributed by atoms with E-state index in [-0.39, 0.29) is 52.1 Å². The number of fused-ring (bicyclic) bond motifs is 2. The minimum Gasteiger partial charge on any atom is -0.394 e. The highest BCUT2D eigenvalue weighted by Crippen LogP contribution is 2.89. The van der Waals surface area contributed by atoms with Gasteiger partial charge in [0.05, 0.1) is 48.8 Å². The van der Waals surface area contributed by atoms with Crippen molar-refractivity contribution in [3.05, 3.63) is 0 Å². The zero-order valence-electron chi connectivity index (χ0n) is 33.6. The van der Waals surface area contributed by atoms with Crippen molar-refractivity contribution in [2.24, 2.45) is 44.8 Å². The molecule has 5 aliphatic carbocycles. The first kappa shape index (κ1) is 41.2. The molecule has 0 aromatic carbocycles. The van der Waals surface area contributed by atoms with E-state index < -0.39 is 96.8 Å². The normalized spacial score (nSPS) is 58.7. The summed E-state index contributed by atoms with van der Waals surface area (Å²) in [6.45, 7) is 13.8. The van der Waals surface area contributed by atoms with Crippen LogP contribution in [-0.2, 0) is 23.7 Å². The molecule has 8 fully saturated rings. The van der Waals surface area contributed by atoms with E-state index in [1.165, 1.54) is 0 Å². The molecule has 5 saturated carbocycles. The molecule has 9 N–H and O–H groups in total. The Kier molecular flexibility index (Phi) is 9.90. The number of rotatable bonds is 7. The van der Waals surface area contributed by atoms with E-state index >= 15 is 0 Å². The maximum atomic E-state index is 12.2. The Morgan fingerprint density at radius 1 is 0.709 bits per heavy atom. The van der Waals surface area contributed by atoms with Gasteiger partial charge >= 0.3 is 0 Å². The molecule has 0 amide bonds. The highest BCUT2D eigenvalue weighted by Gasteiger charge is 2.85. The van der Waals surface area contributed by atoms with Gasteiger partial charge in [-0.3, -0.25) is 0 Å². The quantitative estimate of drug-likeness (QED) is 0.162. The van der Waals surface area contributed by atoms with Crippen molar-refractivity contribution in [2.45, 2.75) is 197 Å². The van der Waals surface area contributed by atoms with E-state index in [4.69, 9.17) is 23.7 Å². The molecule has 0 bridgehead atoms. The second kappa shape index (κ2) is 13.2. The highest BCUT2D eigenvalue weighted by atomic mass is 16.7. The van der Waals surface area contributed by atoms with Crippen LogP contribution >= 0.6 is 0 Å². The van der Waals surface area contributed by atoms with Gasteiger partial charge in [0.2, 0.25) is 0 Å². The lowest BCUT2D eigenvalue weighted by molar-refractivity contribution is -0.339. The molecule has 55 heavy (non-hydrogen) atoms. The Morgan fingerprint density at radius 3 is 2.05 bits per heavy atom. The molecule has 3 saturated heterocycles. The van der Waals surface area contributed by atoms with Crippen LogP contribution in [0.15, 0.2) is 0 Å². The fourth-order valence-electron chi connectivity index (χ4n) is 14.9. The first-order valence-electron chi connectivity index (χ1n) is 20.9. The Labute approximate surface area is 324 Å². The number of ether oxygens (including phenoxy) is 5. The maximum Gasteiger partial charge on any atom is 0.186 e. The van der Waals surface area contributed by atoms with E-state index in [9.17, 15) is 46.0 Å². The third kappa shape index (κ3) is 5.70. The topological polar surface area (TPSA) is 228 Å². The molecule has 2 spiro atoms. The first-order chi connectivity index (χ1) is 25.5. The Morgan fingerprint density at radius 2 is 1.40 bits per heavy atom. The molecule has 3 heterocycles. The van der Waals surface area contributed by atoms with E-state index in [2.05, 4.69) is 34.6 Å². The van der Waals surface area contributed by atoms with E-state index in [0.717, 1.165) is 32.1 Å². The van der Waals surface area contributed by atoms with Crippen molar-refractivity contribution < 1.29 is 69.6 Å². The van der Waals surface area contributed by atoms with Crippen molar-refractivity contribution in [3.63, 3.8) is 0 Å². The second-order valence-electron chi connectivity index (χ2n) is 21.1. The summed E-state index contributed by atoms with van der Waals surface area (Å²) in [6, 6.07) is 0. The first-order valence-corrected chi connectivity index (χ1v) is 20.9. The molecule has 0 unspecified atom stereocenters. The third-order valence-corrected chi connectivity index (χ3v) is 17.6. The summed E-state index contributed by atoms with van der Waals surface area (Å²) in [4.78, 5) is 0. The van der Waals surface area contributed by atoms with Crippen LogP contribution in [0.1, 0.15) is 106 Å². The summed E-state index contributed by atoms with van der Waals surface area (Å²) < 4.78 is 31.9. The van der Waals surface area contributed by atoms with Crippen LogP contribution in [0.25, 0.3) is 0 Å². The molecule has 21 atom stereocenters. The summed E-state index contributed by atoms with van der Waals surface area (Å²) in [5.74, 6) is -0.215. The van der Waals surface area contributed by atoms with Gasteiger partial charge in [0, 0.05) is 5.92 Å². The molecule has 0 aromatic heterocycles. The van der Waals surface area contributed by atoms with Crippen molar-refractivity contribution >= 4 is 0 Å². The second-order valence-corrected chi connectivity index (χ2v) is 21.1. The molecular formula is C41H68O14. The van der Waals surface area contributed by atoms with Gasteiger partial charge in [-0.15, -0.1) is 0 Å². The summed E-state index contributed by atoms with van der Waals surface area (Å²) in [5.41, 5.74) is -3.16. The molecule has 3 aliphatic heterocycles. The van der Waals surface area contributed by atoms with E-state index in [0.29, 0.717) is 25.7 Å². The molecule has 14 heteroatoms. The average molecular weight is 785 g/mol. The van der Waals surface area contributed by atoms with E-state index in [1.807, 2.05) is 0 Å². The minimum atomic E-state index is -1.60. The number of aliphatic hydroxyl groups is 9. The molecular weight excluding hydrogens is 716 g/mol. The predicted octanol–water partition coefficient (Wildman–Crippen LogP) is 0.724. The fraction of sp³-hybridized carbons (Fsp3) is 1.00. The standard InChI is InChI=1S/C41H68O14/c1-35(2)24(54-33-29(48)26(45)20(44)17-51-33)9-11-41-18-40(41)13-12-37(5)31(39(7)10-8-25(55-39)36(3,4)50)19(43)15-38(37,6)23(40)14-21(32(35)41)52-34-30(49)28(47)27(46)22(16-42)53-34/h19-34,42-50H,8-18H2,1-7H3/t19-,20+,21-,22+,23-,24-,25-,26-,27+,28-,29+,30+,31-,32-,33-,34+,37+,38-,39+,40-,41+/m1/s1. The van der Waals surface area contributed by atoms with Gasteiger partial charge in [0.1, 0.15) is 42.7 Å². The summed E-state index contributed by atoms with van der Waals surface area (Å²) in [6.07, 6.45) is -7.48. The number of aliphatic hydroxyl groups excluding tert-OH is 8. The summed E-state index contributed by atoms with van der Waals surface area (Å²) >= 11 is 0. The van der Waals surface area contributed by atoms with Crippen LogP contribution in [0.2, 0.25) is 0 Å². The lowest BCUT2D eigenvalue weighted by Crippen LogP contribution is -2.65. The summed E-state index contributed by atoms with van der Waals surface area (Å²) in [7, 11) is 0. The summed E-state index contributed by atoms with van der Waals surface area (Å²) in [5, 5.41) is 97.2. The average Bonchev–Trinajstić information content (AvgIpc) is 3.47. The van der Waals surface area contributed by atoms with Gasteiger partial charge in [0.15, 0.2) is 12.6 Å². The van der Waals surface area contributed by atoms with Crippen molar-refractivity contribution in [2.75, 3.05) is 13.2 Å². The molecule has 14 nitrogen and oxygen atoms in total. The Balaban J connectivity index is 1.15. The van der Waals surface area contributed by atoms with Crippen LogP contribution in [0.4, 0.5) is 0 Å². The molecule has 316 valence electrons. The van der Waals surface area contributed by atoms with Gasteiger partial charge in [-0.25, -0.2) is 0 Å². The largest absolute Gasteiger partial charge is 0.394 e. The van der Waals surface area contributed by atoms with Crippen molar-refractivity contribution in [3.8, 4) is 0 Å². The fourth-order valence-corrected chi connectivity index (χ4v) is 14.9. The van der Waals surface area contributed by atoms with Crippen LogP contribution in [0.5, 0.6) is 0 Å². The lowest BCUT2D eigenvalue weighted by atomic mass is 9.41. The molecule has 8 rings (SSSR count). The van der Waals surface area contributed by atoms with Gasteiger partial charge < -0.3 is 69.6 Å². The predicted molar refractivity (Wildman–Crippen MR) is 194 cm³/mol. The number of hydrogen-bond acceptors (Lipinski definition) is 14. The van der Waals surface area contributed by atoms with Gasteiger partial charge in [-0.05, 0) is 117 Å². The van der Waals surface area contributed by atoms with E-state index in [1.54, 1.807) is 13.8 Å². The molecule has 0 aromatic rings. The van der Waals surface area contributed by atoms with Crippen LogP contribution in [-0.4, -0.2) is 150 Å². The van der Waals surface area contributed by atoms with Crippen LogP contribution < -0.4 is 0 Å². The van der Waals surface area contributed by atoms with Crippen LogP contribution in [0, 0.1) is 44.8 Å². The number of hydrogen-bond donors (Lipinski definition) is 9. The lowest BCUT2D eigenvalue weighted by Gasteiger charge is -2.65. The Bertz CT molecular complexity index is 1460. The Hall–Kier alpha value is -0.560. The third-order valence-electron chi connectivity index (χ3n) is 17.6. The highest BCUT2D eigenvalue weighted by molar-refractivity contribution is 5.33. The maximum absolute atomic E-state index is 12.2.